The highest BCUT2D eigenvalue weighted by atomic mass is 35.5. The number of phenols is 1. The molecule has 0 unspecified atom stereocenters. The lowest BCUT2D eigenvalue weighted by molar-refractivity contribution is 0.103. The fourth-order valence-electron chi connectivity index (χ4n) is 2.79. The summed E-state index contributed by atoms with van der Waals surface area (Å²) in [6.07, 6.45) is 0. The molecular weight excluding hydrogens is 340 g/mol. The van der Waals surface area contributed by atoms with Gasteiger partial charge in [-0.2, -0.15) is 0 Å². The van der Waals surface area contributed by atoms with Crippen LogP contribution in [0.2, 0.25) is 5.02 Å². The molecule has 0 saturated carbocycles. The average molecular weight is 351 g/mol. The van der Waals surface area contributed by atoms with Crippen molar-refractivity contribution >= 4 is 39.3 Å². The van der Waals surface area contributed by atoms with Crippen molar-refractivity contribution in [2.24, 2.45) is 0 Å². The molecule has 4 aromatic rings. The molecule has 0 radical (unpaired) electrons. The highest BCUT2D eigenvalue weighted by Crippen LogP contribution is 2.25. The van der Waals surface area contributed by atoms with Crippen molar-refractivity contribution in [2.75, 3.05) is 0 Å². The maximum Gasteiger partial charge on any atom is 0.200 e. The number of halogens is 1. The Morgan fingerprint density at radius 3 is 2.36 bits per heavy atom. The van der Waals surface area contributed by atoms with E-state index in [1.807, 2.05) is 0 Å². The van der Waals surface area contributed by atoms with Gasteiger partial charge < -0.3 is 9.52 Å². The van der Waals surface area contributed by atoms with E-state index in [0.717, 1.165) is 0 Å². The van der Waals surface area contributed by atoms with E-state index < -0.39 is 0 Å². The topological polar surface area (TPSA) is 67.5 Å². The minimum absolute atomic E-state index is 0.107. The van der Waals surface area contributed by atoms with E-state index in [0.29, 0.717) is 27.1 Å². The number of hydrogen-bond acceptors (Lipinski definition) is 4. The first-order valence-electron chi connectivity index (χ1n) is 7.53. The van der Waals surface area contributed by atoms with Crippen molar-refractivity contribution in [1.29, 1.82) is 0 Å². The second kappa shape index (κ2) is 5.76. The van der Waals surface area contributed by atoms with Crippen molar-refractivity contribution in [3.05, 3.63) is 87.0 Å². The SMILES string of the molecule is O=C(c1ccc2oc3ccc(Cl)cc3c(=O)c2c1)c1ccccc1O. The number of carbonyl (C=O) groups is 1. The predicted octanol–water partition coefficient (Wildman–Crippen LogP) is 4.54. The first kappa shape index (κ1) is 15.4. The Morgan fingerprint density at radius 2 is 1.60 bits per heavy atom. The van der Waals surface area contributed by atoms with Gasteiger partial charge in [-0.25, -0.2) is 0 Å². The second-order valence-corrected chi connectivity index (χ2v) is 6.07. The number of ketones is 1. The van der Waals surface area contributed by atoms with Crippen molar-refractivity contribution in [3.63, 3.8) is 0 Å². The maximum atomic E-state index is 12.7. The number of hydrogen-bond donors (Lipinski definition) is 1. The zero-order valence-electron chi connectivity index (χ0n) is 12.8. The van der Waals surface area contributed by atoms with Gasteiger partial charge in [0.25, 0.3) is 0 Å². The third kappa shape index (κ3) is 2.57. The van der Waals surface area contributed by atoms with E-state index in [-0.39, 0.29) is 27.9 Å². The second-order valence-electron chi connectivity index (χ2n) is 5.63. The molecule has 0 amide bonds. The third-order valence-electron chi connectivity index (χ3n) is 4.04. The summed E-state index contributed by atoms with van der Waals surface area (Å²) in [5, 5.41) is 10.9. The lowest BCUT2D eigenvalue weighted by Crippen LogP contribution is -2.06. The third-order valence-corrected chi connectivity index (χ3v) is 4.28. The summed E-state index contributed by atoms with van der Waals surface area (Å²) in [7, 11) is 0. The first-order valence-corrected chi connectivity index (χ1v) is 7.91. The van der Waals surface area contributed by atoms with Crippen LogP contribution in [0.15, 0.2) is 69.9 Å². The Hall–Kier alpha value is -3.11. The first-order chi connectivity index (χ1) is 12.0. The van der Waals surface area contributed by atoms with Crippen LogP contribution in [-0.4, -0.2) is 10.9 Å². The summed E-state index contributed by atoms with van der Waals surface area (Å²) in [5.41, 5.74) is 1.03. The Labute approximate surface area is 146 Å². The number of aromatic hydroxyl groups is 1. The Bertz CT molecular complexity index is 1210. The zero-order chi connectivity index (χ0) is 17.6. The van der Waals surface area contributed by atoms with Gasteiger partial charge in [-0.15, -0.1) is 0 Å². The molecule has 0 atom stereocenters. The highest BCUT2D eigenvalue weighted by Gasteiger charge is 2.15. The average Bonchev–Trinajstić information content (AvgIpc) is 2.62. The minimum Gasteiger partial charge on any atom is -0.507 e. The number of rotatable bonds is 2. The molecule has 1 N–H and O–H groups in total. The molecule has 25 heavy (non-hydrogen) atoms. The van der Waals surface area contributed by atoms with Crippen LogP contribution >= 0.6 is 11.6 Å². The van der Waals surface area contributed by atoms with Crippen molar-refractivity contribution in [1.82, 2.24) is 0 Å². The Morgan fingerprint density at radius 1 is 0.920 bits per heavy atom. The van der Waals surface area contributed by atoms with Gasteiger partial charge in [-0.1, -0.05) is 23.7 Å². The van der Waals surface area contributed by atoms with E-state index in [1.54, 1.807) is 42.5 Å². The number of carbonyl (C=O) groups excluding carboxylic acids is 1. The molecule has 3 aromatic carbocycles. The molecule has 0 fully saturated rings. The number of benzene rings is 3. The van der Waals surface area contributed by atoms with Crippen LogP contribution in [-0.2, 0) is 0 Å². The summed E-state index contributed by atoms with van der Waals surface area (Å²) < 4.78 is 5.73. The van der Waals surface area contributed by atoms with E-state index >= 15 is 0 Å². The Kier molecular flexibility index (Phi) is 3.55. The van der Waals surface area contributed by atoms with Crippen LogP contribution in [0.4, 0.5) is 0 Å². The van der Waals surface area contributed by atoms with Crippen molar-refractivity contribution in [2.45, 2.75) is 0 Å². The predicted molar refractivity (Wildman–Crippen MR) is 96.5 cm³/mol. The number of phenolic OH excluding ortho intramolecular Hbond substituents is 1. The molecule has 1 heterocycles. The number of fused-ring (bicyclic) bond motifs is 2. The van der Waals surface area contributed by atoms with Crippen LogP contribution in [0.25, 0.3) is 21.9 Å². The van der Waals surface area contributed by atoms with E-state index in [9.17, 15) is 14.7 Å². The van der Waals surface area contributed by atoms with Gasteiger partial charge in [0, 0.05) is 10.6 Å². The molecule has 0 aliphatic rings. The van der Waals surface area contributed by atoms with E-state index in [4.69, 9.17) is 16.0 Å². The van der Waals surface area contributed by atoms with Gasteiger partial charge in [0.05, 0.1) is 16.3 Å². The fourth-order valence-corrected chi connectivity index (χ4v) is 2.96. The lowest BCUT2D eigenvalue weighted by atomic mass is 10.0. The van der Waals surface area contributed by atoms with Crippen LogP contribution in [0.3, 0.4) is 0 Å². The minimum atomic E-state index is -0.370. The smallest absolute Gasteiger partial charge is 0.200 e. The van der Waals surface area contributed by atoms with Gasteiger partial charge in [0.2, 0.25) is 5.43 Å². The van der Waals surface area contributed by atoms with Crippen LogP contribution < -0.4 is 5.43 Å². The standard InChI is InChI=1S/C20H11ClO4/c21-12-6-8-18-15(10-12)20(24)14-9-11(5-7-17(14)25-18)19(23)13-3-1-2-4-16(13)22/h1-10,22H. The van der Waals surface area contributed by atoms with Gasteiger partial charge in [0.15, 0.2) is 5.78 Å². The summed E-state index contributed by atoms with van der Waals surface area (Å²) in [6.45, 7) is 0. The molecule has 0 aliphatic carbocycles. The molecule has 4 nitrogen and oxygen atoms in total. The normalized spacial score (nSPS) is 11.1. The lowest BCUT2D eigenvalue weighted by Gasteiger charge is -2.06. The van der Waals surface area contributed by atoms with Gasteiger partial charge >= 0.3 is 0 Å². The highest BCUT2D eigenvalue weighted by molar-refractivity contribution is 6.31. The van der Waals surface area contributed by atoms with Gasteiger partial charge in [-0.3, -0.25) is 9.59 Å². The largest absolute Gasteiger partial charge is 0.507 e. The molecular formula is C20H11ClO4. The molecule has 0 spiro atoms. The Balaban J connectivity index is 1.94. The summed E-state index contributed by atoms with van der Waals surface area (Å²) >= 11 is 5.96. The molecule has 122 valence electrons. The van der Waals surface area contributed by atoms with Crippen LogP contribution in [0, 0.1) is 0 Å². The summed E-state index contributed by atoms with van der Waals surface area (Å²) in [5.74, 6) is -0.476. The number of para-hydroxylation sites is 1. The summed E-state index contributed by atoms with van der Waals surface area (Å²) in [6, 6.07) is 15.7. The van der Waals surface area contributed by atoms with Crippen LogP contribution in [0.1, 0.15) is 15.9 Å². The van der Waals surface area contributed by atoms with Gasteiger partial charge in [0.1, 0.15) is 16.9 Å². The van der Waals surface area contributed by atoms with Crippen molar-refractivity contribution < 1.29 is 14.3 Å². The molecule has 0 aliphatic heterocycles. The quantitative estimate of drug-likeness (QED) is 0.426. The molecule has 4 rings (SSSR count). The zero-order valence-corrected chi connectivity index (χ0v) is 13.6. The van der Waals surface area contributed by atoms with Crippen LogP contribution in [0.5, 0.6) is 5.75 Å². The molecule has 1 aromatic heterocycles. The molecule has 0 saturated heterocycles. The van der Waals surface area contributed by atoms with Gasteiger partial charge in [-0.05, 0) is 48.5 Å². The van der Waals surface area contributed by atoms with Crippen molar-refractivity contribution in [3.8, 4) is 5.75 Å². The monoisotopic (exact) mass is 350 g/mol. The van der Waals surface area contributed by atoms with E-state index in [1.165, 1.54) is 18.2 Å². The van der Waals surface area contributed by atoms with E-state index in [2.05, 4.69) is 0 Å². The fraction of sp³-hybridized carbons (Fsp3) is 0. The molecule has 5 heteroatoms. The molecule has 0 bridgehead atoms. The summed E-state index contributed by atoms with van der Waals surface area (Å²) in [4.78, 5) is 25.4. The maximum absolute atomic E-state index is 12.7.